The minimum absolute atomic E-state index is 0.0675. The highest BCUT2D eigenvalue weighted by molar-refractivity contribution is 6.30. The second-order valence-electron chi connectivity index (χ2n) is 6.02. The molecule has 2 aromatic carbocycles. The van der Waals surface area contributed by atoms with E-state index in [2.05, 4.69) is 20.5 Å². The van der Waals surface area contributed by atoms with Gasteiger partial charge in [-0.2, -0.15) is 5.10 Å². The van der Waals surface area contributed by atoms with Crippen LogP contribution < -0.4 is 14.8 Å². The van der Waals surface area contributed by atoms with E-state index in [1.54, 1.807) is 31.4 Å². The number of rotatable bonds is 9. The minimum atomic E-state index is -0.0675. The topological polar surface area (TPSA) is 89.1 Å². The van der Waals surface area contributed by atoms with E-state index in [1.807, 2.05) is 24.3 Å². The number of amides is 1. The van der Waals surface area contributed by atoms with E-state index < -0.39 is 0 Å². The van der Waals surface area contributed by atoms with E-state index in [4.69, 9.17) is 21.1 Å². The number of aromatic nitrogens is 3. The van der Waals surface area contributed by atoms with Crippen LogP contribution in [0.3, 0.4) is 0 Å². The van der Waals surface area contributed by atoms with Gasteiger partial charge < -0.3 is 14.8 Å². The molecule has 1 amide bonds. The molecule has 0 bridgehead atoms. The predicted molar refractivity (Wildman–Crippen MR) is 106 cm³/mol. The van der Waals surface area contributed by atoms with Crippen LogP contribution >= 0.6 is 11.6 Å². The lowest BCUT2D eigenvalue weighted by Crippen LogP contribution is -2.23. The first kappa shape index (κ1) is 19.7. The monoisotopic (exact) mass is 400 g/mol. The number of nitrogens with one attached hydrogen (secondary N) is 2. The lowest BCUT2D eigenvalue weighted by Gasteiger charge is -2.06. The van der Waals surface area contributed by atoms with Crippen LogP contribution in [0.4, 0.5) is 0 Å². The highest BCUT2D eigenvalue weighted by atomic mass is 35.5. The maximum atomic E-state index is 12.0. The molecule has 146 valence electrons. The SMILES string of the molecule is COc1ccc(-c2n[nH]c(CNC(=O)CCCOc3ccc(Cl)cc3)n2)cc1. The molecule has 0 aliphatic heterocycles. The average Bonchev–Trinajstić information content (AvgIpc) is 3.20. The van der Waals surface area contributed by atoms with Crippen molar-refractivity contribution in [3.63, 3.8) is 0 Å². The van der Waals surface area contributed by atoms with Crippen LogP contribution in [0.15, 0.2) is 48.5 Å². The van der Waals surface area contributed by atoms with Crippen molar-refractivity contribution >= 4 is 17.5 Å². The average molecular weight is 401 g/mol. The van der Waals surface area contributed by atoms with Crippen molar-refractivity contribution in [2.75, 3.05) is 13.7 Å². The summed E-state index contributed by atoms with van der Waals surface area (Å²) in [6.07, 6.45) is 0.981. The smallest absolute Gasteiger partial charge is 0.220 e. The summed E-state index contributed by atoms with van der Waals surface area (Å²) in [6, 6.07) is 14.6. The normalized spacial score (nSPS) is 10.5. The predicted octanol–water partition coefficient (Wildman–Crippen LogP) is 3.61. The van der Waals surface area contributed by atoms with E-state index in [0.29, 0.717) is 42.7 Å². The largest absolute Gasteiger partial charge is 0.497 e. The van der Waals surface area contributed by atoms with Crippen LogP contribution in [0, 0.1) is 0 Å². The lowest BCUT2D eigenvalue weighted by molar-refractivity contribution is -0.121. The molecule has 1 aromatic heterocycles. The molecule has 0 fully saturated rings. The van der Waals surface area contributed by atoms with Crippen LogP contribution in [0.2, 0.25) is 5.02 Å². The van der Waals surface area contributed by atoms with Crippen molar-refractivity contribution in [3.8, 4) is 22.9 Å². The number of halogens is 1. The number of ether oxygens (including phenoxy) is 2. The van der Waals surface area contributed by atoms with Crippen molar-refractivity contribution in [3.05, 3.63) is 59.4 Å². The summed E-state index contributed by atoms with van der Waals surface area (Å²) >= 11 is 5.82. The van der Waals surface area contributed by atoms with Crippen molar-refractivity contribution < 1.29 is 14.3 Å². The summed E-state index contributed by atoms with van der Waals surface area (Å²) in [5, 5.41) is 10.5. The Kier molecular flexibility index (Phi) is 6.86. The van der Waals surface area contributed by atoms with Crippen LogP contribution in [0.25, 0.3) is 11.4 Å². The van der Waals surface area contributed by atoms with E-state index >= 15 is 0 Å². The highest BCUT2D eigenvalue weighted by Gasteiger charge is 2.08. The molecule has 0 aliphatic rings. The highest BCUT2D eigenvalue weighted by Crippen LogP contribution is 2.19. The number of hydrogen-bond acceptors (Lipinski definition) is 5. The van der Waals surface area contributed by atoms with E-state index in [9.17, 15) is 4.79 Å². The Morgan fingerprint density at radius 1 is 1.11 bits per heavy atom. The Bertz CT molecular complexity index is 895. The number of carbonyl (C=O) groups is 1. The molecular formula is C20H21ClN4O3. The molecule has 28 heavy (non-hydrogen) atoms. The van der Waals surface area contributed by atoms with Gasteiger partial charge in [0.05, 0.1) is 20.3 Å². The van der Waals surface area contributed by atoms with Crippen molar-refractivity contribution in [2.45, 2.75) is 19.4 Å². The third-order valence-electron chi connectivity index (χ3n) is 3.96. The summed E-state index contributed by atoms with van der Waals surface area (Å²) in [5.74, 6) is 2.60. The Labute approximate surface area is 168 Å². The number of aromatic amines is 1. The summed E-state index contributed by atoms with van der Waals surface area (Å²) in [4.78, 5) is 16.4. The number of benzene rings is 2. The molecule has 3 rings (SSSR count). The Hall–Kier alpha value is -3.06. The second kappa shape index (κ2) is 9.75. The zero-order valence-corrected chi connectivity index (χ0v) is 16.2. The van der Waals surface area contributed by atoms with Crippen LogP contribution in [0.5, 0.6) is 11.5 Å². The van der Waals surface area contributed by atoms with Crippen LogP contribution in [-0.2, 0) is 11.3 Å². The van der Waals surface area contributed by atoms with Gasteiger partial charge >= 0.3 is 0 Å². The van der Waals surface area contributed by atoms with Gasteiger partial charge in [0.15, 0.2) is 5.82 Å². The fraction of sp³-hybridized carbons (Fsp3) is 0.250. The summed E-state index contributed by atoms with van der Waals surface area (Å²) in [7, 11) is 1.62. The van der Waals surface area contributed by atoms with Crippen LogP contribution in [0.1, 0.15) is 18.7 Å². The molecule has 2 N–H and O–H groups in total. The first-order valence-corrected chi connectivity index (χ1v) is 9.22. The number of methoxy groups -OCH3 is 1. The maximum absolute atomic E-state index is 12.0. The zero-order chi connectivity index (χ0) is 19.8. The Morgan fingerprint density at radius 2 is 1.82 bits per heavy atom. The van der Waals surface area contributed by atoms with E-state index in [1.165, 1.54) is 0 Å². The van der Waals surface area contributed by atoms with Gasteiger partial charge in [-0.3, -0.25) is 9.89 Å². The number of hydrogen-bond donors (Lipinski definition) is 2. The first-order chi connectivity index (χ1) is 13.6. The molecule has 7 nitrogen and oxygen atoms in total. The van der Waals surface area contributed by atoms with Gasteiger partial charge in [0.2, 0.25) is 5.91 Å². The molecule has 0 unspecified atom stereocenters. The first-order valence-electron chi connectivity index (χ1n) is 8.85. The fourth-order valence-corrected chi connectivity index (χ4v) is 2.59. The Morgan fingerprint density at radius 3 is 2.54 bits per heavy atom. The molecule has 0 atom stereocenters. The van der Waals surface area contributed by atoms with Gasteiger partial charge in [0.25, 0.3) is 0 Å². The van der Waals surface area contributed by atoms with Crippen molar-refractivity contribution in [2.24, 2.45) is 0 Å². The Balaban J connectivity index is 1.38. The fourth-order valence-electron chi connectivity index (χ4n) is 2.47. The summed E-state index contributed by atoms with van der Waals surface area (Å²) < 4.78 is 10.7. The van der Waals surface area contributed by atoms with Gasteiger partial charge in [0.1, 0.15) is 17.3 Å². The van der Waals surface area contributed by atoms with Gasteiger partial charge in [-0.15, -0.1) is 0 Å². The van der Waals surface area contributed by atoms with Gasteiger partial charge in [-0.25, -0.2) is 4.98 Å². The van der Waals surface area contributed by atoms with Crippen molar-refractivity contribution in [1.29, 1.82) is 0 Å². The van der Waals surface area contributed by atoms with E-state index in [-0.39, 0.29) is 5.91 Å². The van der Waals surface area contributed by atoms with Gasteiger partial charge in [-0.05, 0) is 55.0 Å². The molecule has 0 radical (unpaired) electrons. The summed E-state index contributed by atoms with van der Waals surface area (Å²) in [5.41, 5.74) is 0.869. The lowest BCUT2D eigenvalue weighted by atomic mass is 10.2. The maximum Gasteiger partial charge on any atom is 0.220 e. The van der Waals surface area contributed by atoms with Gasteiger partial charge in [-0.1, -0.05) is 11.6 Å². The second-order valence-corrected chi connectivity index (χ2v) is 6.45. The quantitative estimate of drug-likeness (QED) is 0.535. The number of nitrogens with zero attached hydrogens (tertiary/aromatic N) is 2. The zero-order valence-electron chi connectivity index (χ0n) is 15.4. The van der Waals surface area contributed by atoms with Gasteiger partial charge in [0, 0.05) is 17.0 Å². The molecule has 0 aliphatic carbocycles. The third-order valence-corrected chi connectivity index (χ3v) is 4.22. The third kappa shape index (κ3) is 5.72. The molecule has 3 aromatic rings. The van der Waals surface area contributed by atoms with Crippen LogP contribution in [-0.4, -0.2) is 34.8 Å². The molecule has 8 heteroatoms. The number of carbonyl (C=O) groups excluding carboxylic acids is 1. The molecule has 1 heterocycles. The molecular weight excluding hydrogens is 380 g/mol. The number of H-pyrrole nitrogens is 1. The van der Waals surface area contributed by atoms with Crippen molar-refractivity contribution in [1.82, 2.24) is 20.5 Å². The standard InChI is InChI=1S/C20H21ClN4O3/c1-27-16-8-4-14(5-9-16)20-23-18(24-25-20)13-22-19(26)3-2-12-28-17-10-6-15(21)7-11-17/h4-11H,2-3,12-13H2,1H3,(H,22,26)(H,23,24,25). The summed E-state index contributed by atoms with van der Waals surface area (Å²) in [6.45, 7) is 0.749. The molecule has 0 saturated heterocycles. The van der Waals surface area contributed by atoms with E-state index in [0.717, 1.165) is 17.1 Å². The molecule has 0 saturated carbocycles. The minimum Gasteiger partial charge on any atom is -0.497 e. The molecule has 0 spiro atoms.